The molecule has 6 nitrogen and oxygen atoms in total. The van der Waals surface area contributed by atoms with Crippen LogP contribution in [0.1, 0.15) is 11.4 Å². The SMILES string of the molecule is CN1CCN(Cc2cc(=O)c(O)cn2Cc2ccccn2)CC1. The summed E-state index contributed by atoms with van der Waals surface area (Å²) in [6, 6.07) is 7.29. The Kier molecular flexibility index (Phi) is 4.73. The van der Waals surface area contributed by atoms with Crippen molar-refractivity contribution in [2.24, 2.45) is 0 Å². The molecule has 0 aromatic carbocycles. The molecule has 0 saturated carbocycles. The van der Waals surface area contributed by atoms with Crippen molar-refractivity contribution in [3.8, 4) is 5.75 Å². The Morgan fingerprint density at radius 3 is 2.65 bits per heavy atom. The molecule has 0 amide bonds. The maximum atomic E-state index is 11.8. The number of piperazine rings is 1. The zero-order valence-electron chi connectivity index (χ0n) is 13.4. The average Bonchev–Trinajstić information content (AvgIpc) is 2.55. The van der Waals surface area contributed by atoms with Crippen molar-refractivity contribution in [1.82, 2.24) is 19.4 Å². The summed E-state index contributed by atoms with van der Waals surface area (Å²) in [5, 5.41) is 9.77. The smallest absolute Gasteiger partial charge is 0.223 e. The van der Waals surface area contributed by atoms with Crippen molar-refractivity contribution in [1.29, 1.82) is 0 Å². The summed E-state index contributed by atoms with van der Waals surface area (Å²) in [6.07, 6.45) is 3.26. The topological polar surface area (TPSA) is 61.6 Å². The lowest BCUT2D eigenvalue weighted by Gasteiger charge is -2.32. The number of likely N-dealkylation sites (N-methyl/N-ethyl adjacent to an activating group) is 1. The molecular weight excluding hydrogens is 292 g/mol. The zero-order valence-corrected chi connectivity index (χ0v) is 13.4. The van der Waals surface area contributed by atoms with Crippen molar-refractivity contribution in [3.05, 3.63) is 58.3 Å². The van der Waals surface area contributed by atoms with Crippen molar-refractivity contribution < 1.29 is 5.11 Å². The standard InChI is InChI=1S/C17H22N4O2/c1-19-6-8-20(9-7-19)12-15-10-16(22)17(23)13-21(15)11-14-4-2-3-5-18-14/h2-5,10,13,23H,6-9,11-12H2,1H3. The highest BCUT2D eigenvalue weighted by molar-refractivity contribution is 5.21. The monoisotopic (exact) mass is 314 g/mol. The molecule has 0 atom stereocenters. The van der Waals surface area contributed by atoms with Gasteiger partial charge in [-0.3, -0.25) is 14.7 Å². The molecule has 2 aromatic rings. The molecule has 3 rings (SSSR count). The van der Waals surface area contributed by atoms with Gasteiger partial charge in [0.05, 0.1) is 18.4 Å². The minimum absolute atomic E-state index is 0.219. The Morgan fingerprint density at radius 2 is 1.96 bits per heavy atom. The van der Waals surface area contributed by atoms with Gasteiger partial charge in [-0.25, -0.2) is 0 Å². The summed E-state index contributed by atoms with van der Waals surface area (Å²) in [5.74, 6) is -0.219. The molecule has 2 aromatic heterocycles. The number of aromatic nitrogens is 2. The van der Waals surface area contributed by atoms with Crippen LogP contribution >= 0.6 is 0 Å². The van der Waals surface area contributed by atoms with E-state index >= 15 is 0 Å². The van der Waals surface area contributed by atoms with Gasteiger partial charge in [0, 0.05) is 50.7 Å². The molecule has 3 heterocycles. The third-order valence-electron chi connectivity index (χ3n) is 4.24. The summed E-state index contributed by atoms with van der Waals surface area (Å²) < 4.78 is 1.91. The van der Waals surface area contributed by atoms with Gasteiger partial charge in [-0.2, -0.15) is 0 Å². The van der Waals surface area contributed by atoms with Crippen LogP contribution in [0, 0.1) is 0 Å². The maximum absolute atomic E-state index is 11.8. The molecule has 23 heavy (non-hydrogen) atoms. The van der Waals surface area contributed by atoms with Gasteiger partial charge in [0.25, 0.3) is 0 Å². The summed E-state index contributed by atoms with van der Waals surface area (Å²) in [4.78, 5) is 20.8. The van der Waals surface area contributed by atoms with Crippen LogP contribution in [0.3, 0.4) is 0 Å². The zero-order chi connectivity index (χ0) is 16.2. The van der Waals surface area contributed by atoms with Gasteiger partial charge >= 0.3 is 0 Å². The number of aromatic hydroxyl groups is 1. The van der Waals surface area contributed by atoms with Gasteiger partial charge in [0.15, 0.2) is 5.75 Å². The predicted octanol–water partition coefficient (Wildman–Crippen LogP) is 0.745. The van der Waals surface area contributed by atoms with E-state index in [1.165, 1.54) is 12.3 Å². The lowest BCUT2D eigenvalue weighted by atomic mass is 10.2. The molecule has 6 heteroatoms. The molecular formula is C17H22N4O2. The normalized spacial score (nSPS) is 16.6. The van der Waals surface area contributed by atoms with Crippen molar-refractivity contribution >= 4 is 0 Å². The fraction of sp³-hybridized carbons (Fsp3) is 0.412. The fourth-order valence-corrected chi connectivity index (χ4v) is 2.79. The van der Waals surface area contributed by atoms with Crippen LogP contribution < -0.4 is 5.43 Å². The summed E-state index contributed by atoms with van der Waals surface area (Å²) >= 11 is 0. The highest BCUT2D eigenvalue weighted by atomic mass is 16.3. The molecule has 1 N–H and O–H groups in total. The van der Waals surface area contributed by atoms with Crippen molar-refractivity contribution in [2.45, 2.75) is 13.1 Å². The van der Waals surface area contributed by atoms with Gasteiger partial charge in [-0.1, -0.05) is 6.07 Å². The third-order valence-corrected chi connectivity index (χ3v) is 4.24. The molecule has 0 aliphatic carbocycles. The highest BCUT2D eigenvalue weighted by Gasteiger charge is 2.16. The van der Waals surface area contributed by atoms with E-state index in [9.17, 15) is 9.90 Å². The fourth-order valence-electron chi connectivity index (χ4n) is 2.79. The van der Waals surface area contributed by atoms with E-state index in [4.69, 9.17) is 0 Å². The van der Waals surface area contributed by atoms with Gasteiger partial charge in [-0.05, 0) is 19.2 Å². The second-order valence-corrected chi connectivity index (χ2v) is 6.04. The number of hydrogen-bond donors (Lipinski definition) is 1. The van der Waals surface area contributed by atoms with E-state index in [1.54, 1.807) is 6.20 Å². The van der Waals surface area contributed by atoms with E-state index in [-0.39, 0.29) is 11.2 Å². The molecule has 1 saturated heterocycles. The molecule has 0 radical (unpaired) electrons. The maximum Gasteiger partial charge on any atom is 0.223 e. The van der Waals surface area contributed by atoms with Crippen LogP contribution in [0.4, 0.5) is 0 Å². The summed E-state index contributed by atoms with van der Waals surface area (Å²) in [5.41, 5.74) is 1.48. The van der Waals surface area contributed by atoms with E-state index in [1.807, 2.05) is 22.8 Å². The Bertz CT molecular complexity index is 706. The van der Waals surface area contributed by atoms with Gasteiger partial charge in [0.2, 0.25) is 5.43 Å². The Labute approximate surface area is 135 Å². The van der Waals surface area contributed by atoms with E-state index in [0.717, 1.165) is 37.6 Å². The predicted molar refractivity (Wildman–Crippen MR) is 88.5 cm³/mol. The van der Waals surface area contributed by atoms with Gasteiger partial charge in [0.1, 0.15) is 0 Å². The van der Waals surface area contributed by atoms with Crippen LogP contribution in [0.2, 0.25) is 0 Å². The molecule has 0 unspecified atom stereocenters. The van der Waals surface area contributed by atoms with E-state index < -0.39 is 0 Å². The number of rotatable bonds is 4. The molecule has 122 valence electrons. The van der Waals surface area contributed by atoms with Crippen LogP contribution in [0.25, 0.3) is 0 Å². The number of hydrogen-bond acceptors (Lipinski definition) is 5. The third kappa shape index (κ3) is 3.97. The Hall–Kier alpha value is -2.18. The molecule has 0 bridgehead atoms. The lowest BCUT2D eigenvalue weighted by molar-refractivity contribution is 0.145. The Morgan fingerprint density at radius 1 is 1.17 bits per heavy atom. The molecule has 1 aliphatic rings. The highest BCUT2D eigenvalue weighted by Crippen LogP contribution is 2.12. The minimum Gasteiger partial charge on any atom is -0.503 e. The first-order valence-electron chi connectivity index (χ1n) is 7.85. The second kappa shape index (κ2) is 6.93. The summed E-state index contributed by atoms with van der Waals surface area (Å²) in [6.45, 7) is 5.27. The number of pyridine rings is 2. The van der Waals surface area contributed by atoms with Crippen molar-refractivity contribution in [3.63, 3.8) is 0 Å². The first-order chi connectivity index (χ1) is 11.1. The molecule has 1 aliphatic heterocycles. The van der Waals surface area contributed by atoms with Crippen LogP contribution in [-0.2, 0) is 13.1 Å². The molecule has 1 fully saturated rings. The quantitative estimate of drug-likeness (QED) is 0.902. The first-order valence-corrected chi connectivity index (χ1v) is 7.85. The first kappa shape index (κ1) is 15.7. The Balaban J connectivity index is 1.83. The molecule has 0 spiro atoms. The minimum atomic E-state index is -0.327. The second-order valence-electron chi connectivity index (χ2n) is 6.04. The van der Waals surface area contributed by atoms with Crippen molar-refractivity contribution in [2.75, 3.05) is 33.2 Å². The van der Waals surface area contributed by atoms with Crippen LogP contribution in [0.15, 0.2) is 41.5 Å². The van der Waals surface area contributed by atoms with Gasteiger partial charge < -0.3 is 14.6 Å². The largest absolute Gasteiger partial charge is 0.503 e. The van der Waals surface area contributed by atoms with Crippen LogP contribution in [-0.4, -0.2) is 57.7 Å². The summed E-state index contributed by atoms with van der Waals surface area (Å²) in [7, 11) is 2.12. The van der Waals surface area contributed by atoms with E-state index in [0.29, 0.717) is 13.1 Å². The van der Waals surface area contributed by atoms with E-state index in [2.05, 4.69) is 21.8 Å². The van der Waals surface area contributed by atoms with Crippen LogP contribution in [0.5, 0.6) is 5.75 Å². The number of nitrogens with zero attached hydrogens (tertiary/aromatic N) is 4. The average molecular weight is 314 g/mol. The lowest BCUT2D eigenvalue weighted by Crippen LogP contribution is -2.44. The van der Waals surface area contributed by atoms with Gasteiger partial charge in [-0.15, -0.1) is 0 Å².